The lowest BCUT2D eigenvalue weighted by Gasteiger charge is -2.04. The smallest absolute Gasteiger partial charge is 0.272 e. The minimum atomic E-state index is -0.634. The van der Waals surface area contributed by atoms with Crippen molar-refractivity contribution in [2.75, 3.05) is 0 Å². The zero-order valence-corrected chi connectivity index (χ0v) is 11.4. The first-order chi connectivity index (χ1) is 9.51. The van der Waals surface area contributed by atoms with Crippen LogP contribution in [0.25, 0.3) is 0 Å². The molecule has 0 aliphatic rings. The molecule has 0 bridgehead atoms. The summed E-state index contributed by atoms with van der Waals surface area (Å²) in [6, 6.07) is 3.49. The van der Waals surface area contributed by atoms with Crippen LogP contribution in [-0.2, 0) is 19.4 Å². The molecular weight excluding hydrogens is 285 g/mol. The van der Waals surface area contributed by atoms with E-state index in [4.69, 9.17) is 5.11 Å². The number of hydrogen-bond donors (Lipinski definition) is 1. The first kappa shape index (κ1) is 14.5. The lowest BCUT2D eigenvalue weighted by molar-refractivity contribution is -0.385. The van der Waals surface area contributed by atoms with Crippen molar-refractivity contribution < 1.29 is 14.4 Å². The minimum absolute atomic E-state index is 0.116. The van der Waals surface area contributed by atoms with Crippen LogP contribution in [-0.4, -0.2) is 19.6 Å². The van der Waals surface area contributed by atoms with Crippen molar-refractivity contribution in [3.05, 3.63) is 51.6 Å². The van der Waals surface area contributed by atoms with Gasteiger partial charge in [0.1, 0.15) is 5.82 Å². The molecular formula is C12H12FN3O3S. The third-order valence-corrected chi connectivity index (χ3v) is 3.84. The first-order valence-electron chi connectivity index (χ1n) is 5.69. The van der Waals surface area contributed by atoms with Gasteiger partial charge in [0.2, 0.25) is 0 Å². The lowest BCUT2D eigenvalue weighted by Crippen LogP contribution is -1.98. The van der Waals surface area contributed by atoms with Gasteiger partial charge in [-0.05, 0) is 11.6 Å². The molecule has 8 heteroatoms. The number of aromatic nitrogens is 2. The molecule has 1 N–H and O–H groups in total. The number of nitrogens with zero attached hydrogens (tertiary/aromatic N) is 3. The van der Waals surface area contributed by atoms with Crippen LogP contribution < -0.4 is 0 Å². The van der Waals surface area contributed by atoms with Gasteiger partial charge in [-0.15, -0.1) is 0 Å². The Morgan fingerprint density at radius 3 is 2.85 bits per heavy atom. The van der Waals surface area contributed by atoms with E-state index < -0.39 is 10.7 Å². The van der Waals surface area contributed by atoms with E-state index in [1.54, 1.807) is 17.8 Å². The van der Waals surface area contributed by atoms with Gasteiger partial charge in [-0.25, -0.2) is 9.37 Å². The molecule has 0 fully saturated rings. The van der Waals surface area contributed by atoms with Crippen molar-refractivity contribution in [1.82, 2.24) is 9.55 Å². The highest BCUT2D eigenvalue weighted by Crippen LogP contribution is 2.25. The summed E-state index contributed by atoms with van der Waals surface area (Å²) in [7, 11) is 1.76. The second-order valence-corrected chi connectivity index (χ2v) is 5.06. The lowest BCUT2D eigenvalue weighted by atomic mass is 10.2. The average molecular weight is 297 g/mol. The highest BCUT2D eigenvalue weighted by atomic mass is 32.2. The molecule has 2 rings (SSSR count). The largest absolute Gasteiger partial charge is 0.390 e. The summed E-state index contributed by atoms with van der Waals surface area (Å²) in [4.78, 5) is 14.2. The van der Waals surface area contributed by atoms with Gasteiger partial charge < -0.3 is 9.67 Å². The summed E-state index contributed by atoms with van der Waals surface area (Å²) in [5.74, 6) is -0.278. The van der Waals surface area contributed by atoms with Crippen molar-refractivity contribution >= 4 is 17.4 Å². The van der Waals surface area contributed by atoms with Gasteiger partial charge in [0.15, 0.2) is 5.16 Å². The third kappa shape index (κ3) is 3.14. The predicted molar refractivity (Wildman–Crippen MR) is 71.7 cm³/mol. The number of nitro benzene ring substituents is 1. The number of aliphatic hydroxyl groups excluding tert-OH is 1. The minimum Gasteiger partial charge on any atom is -0.390 e. The molecule has 0 atom stereocenters. The Bertz CT molecular complexity index is 645. The molecule has 1 heterocycles. The summed E-state index contributed by atoms with van der Waals surface area (Å²) >= 11 is 1.32. The van der Waals surface area contributed by atoms with Gasteiger partial charge in [-0.1, -0.05) is 11.8 Å². The van der Waals surface area contributed by atoms with Crippen LogP contribution in [0.4, 0.5) is 10.1 Å². The Morgan fingerprint density at radius 2 is 2.25 bits per heavy atom. The maximum absolute atomic E-state index is 13.3. The van der Waals surface area contributed by atoms with Gasteiger partial charge in [0, 0.05) is 18.9 Å². The van der Waals surface area contributed by atoms with E-state index in [9.17, 15) is 14.5 Å². The van der Waals surface area contributed by atoms with Gasteiger partial charge in [0.25, 0.3) is 5.69 Å². The molecule has 0 spiro atoms. The first-order valence-corrected chi connectivity index (χ1v) is 6.68. The van der Waals surface area contributed by atoms with Crippen LogP contribution >= 0.6 is 11.8 Å². The average Bonchev–Trinajstić information content (AvgIpc) is 2.76. The Labute approximate surface area is 118 Å². The number of aliphatic hydroxyl groups is 1. The zero-order chi connectivity index (χ0) is 14.7. The molecule has 0 saturated carbocycles. The topological polar surface area (TPSA) is 81.2 Å². The monoisotopic (exact) mass is 297 g/mol. The van der Waals surface area contributed by atoms with E-state index in [1.165, 1.54) is 23.9 Å². The molecule has 106 valence electrons. The second-order valence-electron chi connectivity index (χ2n) is 4.11. The second kappa shape index (κ2) is 6.02. The number of rotatable bonds is 5. The van der Waals surface area contributed by atoms with Crippen molar-refractivity contribution in [2.45, 2.75) is 17.5 Å². The fraction of sp³-hybridized carbons (Fsp3) is 0.250. The highest BCUT2D eigenvalue weighted by Gasteiger charge is 2.11. The highest BCUT2D eigenvalue weighted by molar-refractivity contribution is 7.98. The standard InChI is InChI=1S/C12H12FN3O3S/c1-15-11(6-17)5-14-12(15)20-7-8-2-9(13)4-10(3-8)16(18)19/h2-5,17H,6-7H2,1H3. The van der Waals surface area contributed by atoms with E-state index >= 15 is 0 Å². The molecule has 1 aromatic heterocycles. The van der Waals surface area contributed by atoms with Gasteiger partial charge in [-0.3, -0.25) is 10.1 Å². The Morgan fingerprint density at radius 1 is 1.50 bits per heavy atom. The van der Waals surface area contributed by atoms with Gasteiger partial charge in [0.05, 0.1) is 29.5 Å². The normalized spacial score (nSPS) is 10.8. The number of imidazole rings is 1. The number of non-ortho nitro benzene ring substituents is 1. The third-order valence-electron chi connectivity index (χ3n) is 2.72. The summed E-state index contributed by atoms with van der Waals surface area (Å²) in [5, 5.41) is 20.4. The summed E-state index contributed by atoms with van der Waals surface area (Å²) in [5.41, 5.74) is 0.907. The summed E-state index contributed by atoms with van der Waals surface area (Å²) in [6.07, 6.45) is 1.55. The van der Waals surface area contributed by atoms with Gasteiger partial charge >= 0.3 is 0 Å². The van der Waals surface area contributed by atoms with Gasteiger partial charge in [-0.2, -0.15) is 0 Å². The van der Waals surface area contributed by atoms with Crippen LogP contribution in [0.3, 0.4) is 0 Å². The zero-order valence-electron chi connectivity index (χ0n) is 10.6. The predicted octanol–water partition coefficient (Wildman–Crippen LogP) is 2.25. The quantitative estimate of drug-likeness (QED) is 0.520. The van der Waals surface area contributed by atoms with Crippen LogP contribution in [0.1, 0.15) is 11.3 Å². The number of nitro groups is 1. The van der Waals surface area contributed by atoms with Crippen molar-refractivity contribution in [3.63, 3.8) is 0 Å². The van der Waals surface area contributed by atoms with Crippen molar-refractivity contribution in [2.24, 2.45) is 7.05 Å². The molecule has 6 nitrogen and oxygen atoms in total. The van der Waals surface area contributed by atoms with Crippen molar-refractivity contribution in [1.29, 1.82) is 0 Å². The van der Waals surface area contributed by atoms with Crippen LogP contribution in [0.2, 0.25) is 0 Å². The Kier molecular flexibility index (Phi) is 4.35. The fourth-order valence-electron chi connectivity index (χ4n) is 1.68. The molecule has 1 aromatic carbocycles. The maximum atomic E-state index is 13.3. The molecule has 0 aliphatic heterocycles. The van der Waals surface area contributed by atoms with E-state index in [-0.39, 0.29) is 12.3 Å². The van der Waals surface area contributed by atoms with Crippen molar-refractivity contribution in [3.8, 4) is 0 Å². The maximum Gasteiger partial charge on any atom is 0.272 e. The van der Waals surface area contributed by atoms with E-state index in [0.717, 1.165) is 6.07 Å². The van der Waals surface area contributed by atoms with E-state index in [1.807, 2.05) is 0 Å². The van der Waals surface area contributed by atoms with E-state index in [0.29, 0.717) is 22.2 Å². The Hall–Kier alpha value is -1.93. The molecule has 0 unspecified atom stereocenters. The van der Waals surface area contributed by atoms with E-state index in [2.05, 4.69) is 4.98 Å². The molecule has 0 radical (unpaired) electrons. The fourth-order valence-corrected chi connectivity index (χ4v) is 2.58. The Balaban J connectivity index is 2.14. The molecule has 0 amide bonds. The summed E-state index contributed by atoms with van der Waals surface area (Å²) in [6.45, 7) is -0.116. The molecule has 0 saturated heterocycles. The SMILES string of the molecule is Cn1c(CO)cnc1SCc1cc(F)cc([N+](=O)[O-])c1. The number of benzene rings is 1. The van der Waals surface area contributed by atoms with Crippen LogP contribution in [0.5, 0.6) is 0 Å². The van der Waals surface area contributed by atoms with Crippen LogP contribution in [0.15, 0.2) is 29.6 Å². The molecule has 0 aliphatic carbocycles. The number of halogens is 1. The number of thioether (sulfide) groups is 1. The van der Waals surface area contributed by atoms with Crippen LogP contribution in [0, 0.1) is 15.9 Å². The summed E-state index contributed by atoms with van der Waals surface area (Å²) < 4.78 is 15.0. The molecule has 20 heavy (non-hydrogen) atoms. The number of hydrogen-bond acceptors (Lipinski definition) is 5. The molecule has 2 aromatic rings.